The average molecular weight is 1150 g/mol. The van der Waals surface area contributed by atoms with Crippen LogP contribution in [0.3, 0.4) is 0 Å². The van der Waals surface area contributed by atoms with Gasteiger partial charge in [0.1, 0.15) is 0 Å². The molecule has 2 heterocycles. The molecule has 8 heteroatoms. The molecular formula is C78H54Cl2N6. The molecule has 0 aliphatic carbocycles. The van der Waals surface area contributed by atoms with Gasteiger partial charge in [-0.05, 0) is 146 Å². The molecule has 0 amide bonds. The lowest BCUT2D eigenvalue weighted by Crippen LogP contribution is -2.15. The van der Waals surface area contributed by atoms with Gasteiger partial charge in [-0.2, -0.15) is 0 Å². The minimum atomic E-state index is 0.589. The lowest BCUT2D eigenvalue weighted by Gasteiger charge is -2.31. The third-order valence-electron chi connectivity index (χ3n) is 16.1. The van der Waals surface area contributed by atoms with Crippen molar-refractivity contribution in [3.05, 3.63) is 338 Å². The smallest absolute Gasteiger partial charge is 0.0888 e. The summed E-state index contributed by atoms with van der Waals surface area (Å²) in [5.74, 6) is 0. The van der Waals surface area contributed by atoms with Crippen molar-refractivity contribution in [3.8, 4) is 11.4 Å². The van der Waals surface area contributed by atoms with E-state index in [1.165, 1.54) is 0 Å². The molecule has 410 valence electrons. The molecular weight excluding hydrogens is 1090 g/mol. The molecule has 0 aliphatic heterocycles. The number of aromatic nitrogens is 2. The third kappa shape index (κ3) is 9.16. The van der Waals surface area contributed by atoms with Crippen LogP contribution >= 0.6 is 23.2 Å². The van der Waals surface area contributed by atoms with Crippen molar-refractivity contribution in [2.24, 2.45) is 0 Å². The summed E-state index contributed by atoms with van der Waals surface area (Å²) in [4.78, 5) is 9.17. The maximum Gasteiger partial charge on any atom is 0.0888 e. The summed E-state index contributed by atoms with van der Waals surface area (Å²) < 4.78 is 4.74. The third-order valence-corrected chi connectivity index (χ3v) is 16.9. The second kappa shape index (κ2) is 22.4. The number of rotatable bonds is 14. The Morgan fingerprint density at radius 3 is 0.709 bits per heavy atom. The number of benzene rings is 13. The molecule has 0 fully saturated rings. The Labute approximate surface area is 509 Å². The van der Waals surface area contributed by atoms with Gasteiger partial charge >= 0.3 is 0 Å². The van der Waals surface area contributed by atoms with Crippen molar-refractivity contribution < 1.29 is 0 Å². The van der Waals surface area contributed by atoms with Crippen LogP contribution in [0, 0.1) is 0 Å². The first kappa shape index (κ1) is 52.1. The number of hydrogen-bond acceptors (Lipinski definition) is 4. The molecule has 0 unspecified atom stereocenters. The quantitative estimate of drug-likeness (QED) is 0.108. The summed E-state index contributed by atoms with van der Waals surface area (Å²) in [5.41, 5.74) is 17.1. The zero-order valence-corrected chi connectivity index (χ0v) is 48.1. The Hall–Kier alpha value is -10.8. The van der Waals surface area contributed by atoms with Gasteiger partial charge in [0, 0.05) is 67.0 Å². The highest BCUT2D eigenvalue weighted by Gasteiger charge is 2.29. The molecule has 13 aromatic carbocycles. The predicted molar refractivity (Wildman–Crippen MR) is 364 cm³/mol. The molecule has 0 radical (unpaired) electrons. The summed E-state index contributed by atoms with van der Waals surface area (Å²) in [6.45, 7) is 0. The fraction of sp³-hybridized carbons (Fsp3) is 0. The van der Waals surface area contributed by atoms with E-state index in [0.29, 0.717) is 10.0 Å². The molecule has 15 aromatic rings. The van der Waals surface area contributed by atoms with Gasteiger partial charge in [-0.3, -0.25) is 0 Å². The maximum atomic E-state index is 8.23. The summed E-state index contributed by atoms with van der Waals surface area (Å²) in [5, 5.41) is 5.55. The van der Waals surface area contributed by atoms with E-state index in [-0.39, 0.29) is 0 Å². The van der Waals surface area contributed by atoms with Crippen LogP contribution < -0.4 is 19.6 Å². The van der Waals surface area contributed by atoms with Crippen molar-refractivity contribution in [2.75, 3.05) is 19.6 Å². The molecule has 6 nitrogen and oxygen atoms in total. The van der Waals surface area contributed by atoms with E-state index in [4.69, 9.17) is 23.2 Å². The fourth-order valence-electron chi connectivity index (χ4n) is 12.5. The minimum Gasteiger partial charge on any atom is -0.310 e. The molecule has 2 aromatic heterocycles. The monoisotopic (exact) mass is 1140 g/mol. The number of fused-ring (bicyclic) bond motifs is 7. The minimum absolute atomic E-state index is 0.589. The van der Waals surface area contributed by atoms with Gasteiger partial charge in [0.2, 0.25) is 0 Å². The lowest BCUT2D eigenvalue weighted by molar-refractivity contribution is 1.15. The predicted octanol–water partition coefficient (Wildman–Crippen LogP) is 23.1. The molecule has 0 spiro atoms. The normalized spacial score (nSPS) is 11.4. The van der Waals surface area contributed by atoms with Gasteiger partial charge in [0.25, 0.3) is 0 Å². The SMILES string of the molecule is Clc1c(N(c2ccccc2)c2ccccc2)cc(N(c2ccccc2)c2ccccc2)cc1-n1c2ccccc2c2c3c4ccccc4n(-c4cc(N(c5ccccc5)c5ccccc5)cc(N(c5ccccc5)c5ccccc5)c4Cl)c3ccc21. The van der Waals surface area contributed by atoms with E-state index in [9.17, 15) is 0 Å². The first-order valence-electron chi connectivity index (χ1n) is 28.8. The molecule has 0 N–H and O–H groups in total. The van der Waals surface area contributed by atoms with E-state index in [1.807, 2.05) is 0 Å². The molecule has 86 heavy (non-hydrogen) atoms. The fourth-order valence-corrected chi connectivity index (χ4v) is 13.0. The Morgan fingerprint density at radius 1 is 0.209 bits per heavy atom. The van der Waals surface area contributed by atoms with Crippen LogP contribution in [0.4, 0.5) is 68.2 Å². The van der Waals surface area contributed by atoms with Gasteiger partial charge in [-0.25, -0.2) is 0 Å². The van der Waals surface area contributed by atoms with E-state index < -0.39 is 0 Å². The highest BCUT2D eigenvalue weighted by molar-refractivity contribution is 6.37. The van der Waals surface area contributed by atoms with Gasteiger partial charge < -0.3 is 28.7 Å². The zero-order chi connectivity index (χ0) is 57.5. The number of anilines is 12. The van der Waals surface area contributed by atoms with Gasteiger partial charge in [-0.1, -0.05) is 205 Å². The van der Waals surface area contributed by atoms with Crippen molar-refractivity contribution >= 4 is 135 Å². The summed E-state index contributed by atoms with van der Waals surface area (Å²) in [6, 6.07) is 115. The van der Waals surface area contributed by atoms with Crippen molar-refractivity contribution in [2.45, 2.75) is 0 Å². The van der Waals surface area contributed by atoms with Crippen LogP contribution in [0.25, 0.3) is 55.0 Å². The van der Waals surface area contributed by atoms with Gasteiger partial charge in [0.15, 0.2) is 0 Å². The second-order valence-corrected chi connectivity index (χ2v) is 21.9. The van der Waals surface area contributed by atoms with E-state index in [1.54, 1.807) is 0 Å². The number of halogens is 2. The standard InChI is InChI=1S/C78H54Cl2N6/c79-77-71(83(59-37-17-5-18-38-59)60-39-19-6-20-40-60)51-63(81(55-29-9-1-10-30-55)56-31-11-2-12-32-56)53-73(77)85-67-47-27-25-45-65(67)75-69(85)49-50-70-76(75)66-46-26-28-48-68(66)86(70)74-54-64(82(57-33-13-3-14-34-57)58-35-15-4-16-36-58)52-72(78(74)80)84(61-41-21-7-22-42-61)62-43-23-8-24-44-62/h1-54H. The van der Waals surface area contributed by atoms with Gasteiger partial charge in [-0.15, -0.1) is 0 Å². The van der Waals surface area contributed by atoms with Gasteiger partial charge in [0.05, 0.1) is 66.2 Å². The van der Waals surface area contributed by atoms with Crippen molar-refractivity contribution in [3.63, 3.8) is 0 Å². The van der Waals surface area contributed by atoms with Crippen LogP contribution in [0.15, 0.2) is 328 Å². The maximum absolute atomic E-state index is 8.23. The molecule has 0 saturated heterocycles. The Bertz CT molecular complexity index is 4420. The number of para-hydroxylation sites is 10. The zero-order valence-electron chi connectivity index (χ0n) is 46.6. The van der Waals surface area contributed by atoms with Crippen LogP contribution in [-0.2, 0) is 0 Å². The van der Waals surface area contributed by atoms with Crippen LogP contribution in [-0.4, -0.2) is 9.13 Å². The summed E-state index contributed by atoms with van der Waals surface area (Å²) in [7, 11) is 0. The van der Waals surface area contributed by atoms with E-state index >= 15 is 0 Å². The highest BCUT2D eigenvalue weighted by atomic mass is 35.5. The summed E-state index contributed by atoms with van der Waals surface area (Å²) >= 11 is 16.5. The second-order valence-electron chi connectivity index (χ2n) is 21.2. The van der Waals surface area contributed by atoms with Crippen LogP contribution in [0.5, 0.6) is 0 Å². The molecule has 0 atom stereocenters. The lowest BCUT2D eigenvalue weighted by atomic mass is 10.1. The molecule has 15 rings (SSSR count). The Balaban J connectivity index is 1.04. The largest absolute Gasteiger partial charge is 0.310 e. The topological polar surface area (TPSA) is 22.8 Å². The molecule has 0 aliphatic rings. The van der Waals surface area contributed by atoms with Crippen molar-refractivity contribution in [1.29, 1.82) is 0 Å². The molecule has 0 saturated carbocycles. The van der Waals surface area contributed by atoms with E-state index in [2.05, 4.69) is 356 Å². The Morgan fingerprint density at radius 2 is 0.442 bits per heavy atom. The summed E-state index contributed by atoms with van der Waals surface area (Å²) in [6.07, 6.45) is 0. The van der Waals surface area contributed by atoms with Crippen LogP contribution in [0.1, 0.15) is 0 Å². The van der Waals surface area contributed by atoms with E-state index in [0.717, 1.165) is 123 Å². The Kier molecular flexibility index (Phi) is 13.6. The number of nitrogens with zero attached hydrogens (tertiary/aromatic N) is 6. The van der Waals surface area contributed by atoms with Crippen LogP contribution in [0.2, 0.25) is 10.0 Å². The van der Waals surface area contributed by atoms with Crippen molar-refractivity contribution in [1.82, 2.24) is 9.13 Å². The number of hydrogen-bond donors (Lipinski definition) is 0. The molecule has 0 bridgehead atoms. The highest BCUT2D eigenvalue weighted by Crippen LogP contribution is 2.52. The first-order chi connectivity index (χ1) is 42.6. The average Bonchev–Trinajstić information content (AvgIpc) is 1.57. The first-order valence-corrected chi connectivity index (χ1v) is 29.6.